The van der Waals surface area contributed by atoms with Crippen molar-refractivity contribution in [2.45, 2.75) is 46.7 Å². The molecule has 0 radical (unpaired) electrons. The maximum absolute atomic E-state index is 6.35. The third-order valence-electron chi connectivity index (χ3n) is 3.40. The Morgan fingerprint density at radius 1 is 1.40 bits per heavy atom. The molecule has 0 aliphatic rings. The summed E-state index contributed by atoms with van der Waals surface area (Å²) in [6.07, 6.45) is 2.77. The van der Waals surface area contributed by atoms with E-state index in [-0.39, 0.29) is 6.04 Å². The van der Waals surface area contributed by atoms with E-state index >= 15 is 0 Å². The molecule has 20 heavy (non-hydrogen) atoms. The quantitative estimate of drug-likeness (QED) is 0.880. The Kier molecular flexibility index (Phi) is 4.89. The van der Waals surface area contributed by atoms with Crippen LogP contribution in [0.25, 0.3) is 0 Å². The summed E-state index contributed by atoms with van der Waals surface area (Å²) in [6.45, 7) is 9.88. The van der Waals surface area contributed by atoms with Crippen LogP contribution >= 0.6 is 11.6 Å². The van der Waals surface area contributed by atoms with Gasteiger partial charge in [0.2, 0.25) is 0 Å². The Morgan fingerprint density at radius 2 is 2.15 bits per heavy atom. The minimum atomic E-state index is 0.0161. The molecule has 5 heteroatoms. The van der Waals surface area contributed by atoms with Crippen molar-refractivity contribution in [3.8, 4) is 0 Å². The molecule has 2 aromatic heterocycles. The minimum Gasteiger partial charge on any atom is -0.466 e. The summed E-state index contributed by atoms with van der Waals surface area (Å²) in [5.74, 6) is 1.84. The zero-order chi connectivity index (χ0) is 14.7. The van der Waals surface area contributed by atoms with Crippen LogP contribution in [0.3, 0.4) is 0 Å². The molecule has 2 rings (SSSR count). The SMILES string of the molecule is CCCNC(c1cc(C)oc1C)c1c(Cl)cnn1CC. The molecule has 0 saturated carbocycles. The van der Waals surface area contributed by atoms with E-state index in [4.69, 9.17) is 16.0 Å². The van der Waals surface area contributed by atoms with Crippen LogP contribution in [0.2, 0.25) is 5.02 Å². The molecular weight excluding hydrogens is 274 g/mol. The Labute approximate surface area is 125 Å². The second-order valence-electron chi connectivity index (χ2n) is 4.95. The third-order valence-corrected chi connectivity index (χ3v) is 3.69. The Balaban J connectivity index is 2.46. The summed E-state index contributed by atoms with van der Waals surface area (Å²) < 4.78 is 7.62. The summed E-state index contributed by atoms with van der Waals surface area (Å²) in [6, 6.07) is 2.09. The molecule has 0 aliphatic carbocycles. The average Bonchev–Trinajstić information content (AvgIpc) is 2.94. The molecule has 0 amide bonds. The van der Waals surface area contributed by atoms with E-state index in [2.05, 4.69) is 30.3 Å². The highest BCUT2D eigenvalue weighted by Crippen LogP contribution is 2.31. The first kappa shape index (κ1) is 15.1. The van der Waals surface area contributed by atoms with Crippen molar-refractivity contribution in [2.24, 2.45) is 0 Å². The summed E-state index contributed by atoms with van der Waals surface area (Å²) in [5.41, 5.74) is 2.14. The van der Waals surface area contributed by atoms with Crippen LogP contribution in [0.15, 0.2) is 16.7 Å². The lowest BCUT2D eigenvalue weighted by atomic mass is 10.0. The summed E-state index contributed by atoms with van der Waals surface area (Å²) in [5, 5.41) is 8.59. The number of nitrogens with zero attached hydrogens (tertiary/aromatic N) is 2. The van der Waals surface area contributed by atoms with Crippen LogP contribution in [-0.4, -0.2) is 16.3 Å². The van der Waals surface area contributed by atoms with E-state index < -0.39 is 0 Å². The standard InChI is InChI=1S/C15H22ClN3O/c1-5-7-17-14(12-8-10(3)20-11(12)4)15-13(16)9-18-19(15)6-2/h8-9,14,17H,5-7H2,1-4H3. The van der Waals surface area contributed by atoms with E-state index in [1.807, 2.05) is 18.5 Å². The van der Waals surface area contributed by atoms with Gasteiger partial charge in [0.05, 0.1) is 23.0 Å². The van der Waals surface area contributed by atoms with Gasteiger partial charge in [-0.3, -0.25) is 4.68 Å². The molecule has 0 aromatic carbocycles. The number of halogens is 1. The second-order valence-corrected chi connectivity index (χ2v) is 5.36. The zero-order valence-electron chi connectivity index (χ0n) is 12.5. The van der Waals surface area contributed by atoms with Gasteiger partial charge in [0.15, 0.2) is 0 Å². The number of furan rings is 1. The molecule has 0 spiro atoms. The molecule has 1 N–H and O–H groups in total. The van der Waals surface area contributed by atoms with Crippen LogP contribution in [0.5, 0.6) is 0 Å². The molecule has 0 fully saturated rings. The summed E-state index contributed by atoms with van der Waals surface area (Å²) in [4.78, 5) is 0. The molecule has 0 aliphatic heterocycles. The maximum Gasteiger partial charge on any atom is 0.106 e. The smallest absolute Gasteiger partial charge is 0.106 e. The molecule has 0 saturated heterocycles. The van der Waals surface area contributed by atoms with Crippen LogP contribution in [0.4, 0.5) is 0 Å². The highest BCUT2D eigenvalue weighted by Gasteiger charge is 2.24. The average molecular weight is 296 g/mol. The third kappa shape index (κ3) is 2.91. The maximum atomic E-state index is 6.35. The van der Waals surface area contributed by atoms with E-state index in [0.29, 0.717) is 5.02 Å². The van der Waals surface area contributed by atoms with Crippen molar-refractivity contribution < 1.29 is 4.42 Å². The number of rotatable bonds is 6. The van der Waals surface area contributed by atoms with Gasteiger partial charge in [0, 0.05) is 12.1 Å². The predicted octanol–water partition coefficient (Wildman–Crippen LogP) is 3.86. The fraction of sp³-hybridized carbons (Fsp3) is 0.533. The largest absolute Gasteiger partial charge is 0.466 e. The van der Waals surface area contributed by atoms with Crippen molar-refractivity contribution in [3.05, 3.63) is 40.1 Å². The molecule has 1 unspecified atom stereocenters. The first-order chi connectivity index (χ1) is 9.58. The molecule has 2 aromatic rings. The Hall–Kier alpha value is -1.26. The van der Waals surface area contributed by atoms with Gasteiger partial charge in [-0.1, -0.05) is 18.5 Å². The fourth-order valence-electron chi connectivity index (χ4n) is 2.49. The van der Waals surface area contributed by atoms with Crippen LogP contribution in [0.1, 0.15) is 49.1 Å². The molecule has 2 heterocycles. The number of hydrogen-bond acceptors (Lipinski definition) is 3. The number of aromatic nitrogens is 2. The lowest BCUT2D eigenvalue weighted by molar-refractivity contribution is 0.485. The van der Waals surface area contributed by atoms with Crippen LogP contribution in [-0.2, 0) is 6.54 Å². The Bertz CT molecular complexity index is 574. The summed E-state index contributed by atoms with van der Waals surface area (Å²) >= 11 is 6.35. The van der Waals surface area contributed by atoms with Gasteiger partial charge in [-0.2, -0.15) is 5.10 Å². The molecule has 0 bridgehead atoms. The van der Waals surface area contributed by atoms with E-state index in [1.165, 1.54) is 0 Å². The van der Waals surface area contributed by atoms with Crippen molar-refractivity contribution in [1.29, 1.82) is 0 Å². The van der Waals surface area contributed by atoms with Gasteiger partial charge in [0.25, 0.3) is 0 Å². The predicted molar refractivity (Wildman–Crippen MR) is 81.2 cm³/mol. The van der Waals surface area contributed by atoms with Crippen LogP contribution in [0, 0.1) is 13.8 Å². The highest BCUT2D eigenvalue weighted by molar-refractivity contribution is 6.31. The monoisotopic (exact) mass is 295 g/mol. The van der Waals surface area contributed by atoms with Crippen molar-refractivity contribution >= 4 is 11.6 Å². The van der Waals surface area contributed by atoms with Gasteiger partial charge >= 0.3 is 0 Å². The van der Waals surface area contributed by atoms with Gasteiger partial charge in [-0.05, 0) is 39.8 Å². The van der Waals surface area contributed by atoms with Crippen LogP contribution < -0.4 is 5.32 Å². The molecule has 1 atom stereocenters. The van der Waals surface area contributed by atoms with Gasteiger partial charge < -0.3 is 9.73 Å². The van der Waals surface area contributed by atoms with E-state index in [1.54, 1.807) is 6.20 Å². The number of hydrogen-bond donors (Lipinski definition) is 1. The first-order valence-electron chi connectivity index (χ1n) is 7.10. The summed E-state index contributed by atoms with van der Waals surface area (Å²) in [7, 11) is 0. The molecule has 4 nitrogen and oxygen atoms in total. The second kappa shape index (κ2) is 6.46. The van der Waals surface area contributed by atoms with Gasteiger partial charge in [-0.25, -0.2) is 0 Å². The lowest BCUT2D eigenvalue weighted by Crippen LogP contribution is -2.26. The zero-order valence-corrected chi connectivity index (χ0v) is 13.3. The minimum absolute atomic E-state index is 0.0161. The first-order valence-corrected chi connectivity index (χ1v) is 7.47. The highest BCUT2D eigenvalue weighted by atomic mass is 35.5. The normalized spacial score (nSPS) is 12.8. The molecular formula is C15H22ClN3O. The van der Waals surface area contributed by atoms with Gasteiger partial charge in [0.1, 0.15) is 11.5 Å². The van der Waals surface area contributed by atoms with Crippen molar-refractivity contribution in [2.75, 3.05) is 6.54 Å². The number of aryl methyl sites for hydroxylation is 3. The van der Waals surface area contributed by atoms with Gasteiger partial charge in [-0.15, -0.1) is 0 Å². The Morgan fingerprint density at radius 3 is 2.70 bits per heavy atom. The molecule has 110 valence electrons. The fourth-order valence-corrected chi connectivity index (χ4v) is 2.74. The van der Waals surface area contributed by atoms with E-state index in [9.17, 15) is 0 Å². The topological polar surface area (TPSA) is 43.0 Å². The lowest BCUT2D eigenvalue weighted by Gasteiger charge is -2.20. The van der Waals surface area contributed by atoms with E-state index in [0.717, 1.165) is 42.3 Å². The number of nitrogens with one attached hydrogen (secondary N) is 1. The van der Waals surface area contributed by atoms with Crippen molar-refractivity contribution in [3.63, 3.8) is 0 Å². The van der Waals surface area contributed by atoms with Crippen molar-refractivity contribution in [1.82, 2.24) is 15.1 Å².